The SMILES string of the molecule is CCN(CC(=O)CCCCCCCCCNCCCN)[C@H]1CO[C@@H](O[C@H]2[C@H](O[C@H]3C#C/C=C\C#C[C@]4(O)CC(=O)C(CC(C)=O)=C3/C4=C\CSSC(C)C)O[C@H](C)[C@@H](NO[C@H]3C[C@H](O)[C@H](SC(=O)c4c(C)c(I)c(O[C@@H]5O[C@@H](C)[C@H](O)[C@@H](OC)[C@H]5O)c(OC)c4OC)[C@@H](C)O3)[C@@H]2O)C[C@@H]1OC. The Balaban J connectivity index is 1.09. The van der Waals surface area contributed by atoms with Crippen LogP contribution in [0.4, 0.5) is 0 Å². The van der Waals surface area contributed by atoms with Crippen LogP contribution in [-0.4, -0.2) is 247 Å². The summed E-state index contributed by atoms with van der Waals surface area (Å²) in [7, 11) is 8.84. The first-order valence-electron chi connectivity index (χ1n) is 35.1. The molecule has 4 fully saturated rings. The summed E-state index contributed by atoms with van der Waals surface area (Å²) >= 11 is 2.84. The van der Waals surface area contributed by atoms with Crippen LogP contribution in [0.2, 0.25) is 0 Å². The standard InChI is InChI=1S/C72H107IN4O21S3/c1-13-77(38-46(79)26-21-17-15-14-16-20-24-31-75-32-25-30-74)49-39-91-54(36-53(49)87-9)96-66-61(83)59(43(6)93-71(66)95-52-27-22-18-19-23-29-72(86)37-51(81)47(34-41(4)78)57(52)48(72)28-33-99-101-40(2)3)76-98-55-35-50(80)68(45(8)92-55)100-69(85)56-42(5)58(73)64(67(90-12)63(56)88-10)97-70-62(84)65(89-11)60(82)44(7)94-70/h18-19,28,40,43-45,49-50,52-55,59-62,65-66,68,70-71,75-76,80,82-84,86H,13-17,20-21,24-26,30-39,74H2,1-12H3/b19-18-,48-28+/t43-,44+,45-,49+,50+,52+,53+,54+,55+,59-,60+,61+,62-,65-,66-,68-,70+,71+,72+/m1/s1. The first-order valence-corrected chi connectivity index (χ1v) is 39.4. The van der Waals surface area contributed by atoms with Gasteiger partial charge in [-0.3, -0.25) is 28.9 Å². The molecule has 4 heterocycles. The highest BCUT2D eigenvalue weighted by molar-refractivity contribution is 14.1. The van der Waals surface area contributed by atoms with Crippen molar-refractivity contribution in [2.45, 2.75) is 259 Å². The Labute approximate surface area is 621 Å². The number of nitrogens with zero attached hydrogens (tertiary/aromatic N) is 1. The van der Waals surface area contributed by atoms with E-state index >= 15 is 0 Å². The maximum absolute atomic E-state index is 14.6. The summed E-state index contributed by atoms with van der Waals surface area (Å²) in [6.45, 7) is 17.6. The lowest BCUT2D eigenvalue weighted by Crippen LogP contribution is -2.65. The zero-order chi connectivity index (χ0) is 73.7. The van der Waals surface area contributed by atoms with Crippen LogP contribution >= 0.6 is 55.9 Å². The van der Waals surface area contributed by atoms with E-state index in [2.05, 4.69) is 53.2 Å². The summed E-state index contributed by atoms with van der Waals surface area (Å²) in [4.78, 5) is 63.8. The van der Waals surface area contributed by atoms with Crippen molar-refractivity contribution in [2.24, 2.45) is 5.73 Å². The second kappa shape index (κ2) is 41.7. The molecule has 25 nitrogen and oxygen atoms in total. The van der Waals surface area contributed by atoms with Gasteiger partial charge in [-0.25, -0.2) is 0 Å². The number of aliphatic hydroxyl groups excluding tert-OH is 4. The molecule has 2 aliphatic carbocycles. The maximum atomic E-state index is 14.6. The van der Waals surface area contributed by atoms with Crippen molar-refractivity contribution in [3.8, 4) is 40.9 Å². The number of halogens is 1. The first-order chi connectivity index (χ1) is 48.3. The van der Waals surface area contributed by atoms with E-state index in [0.29, 0.717) is 34.4 Å². The summed E-state index contributed by atoms with van der Waals surface area (Å²) in [6, 6.07) is -1.45. The Morgan fingerprint density at radius 3 is 2.20 bits per heavy atom. The fourth-order valence-corrected chi connectivity index (χ4v) is 16.9. The van der Waals surface area contributed by atoms with E-state index in [9.17, 15) is 44.7 Å². The Morgan fingerprint density at radius 1 is 0.842 bits per heavy atom. The lowest BCUT2D eigenvalue weighted by Gasteiger charge is -2.47. The third kappa shape index (κ3) is 22.9. The van der Waals surface area contributed by atoms with E-state index in [0.717, 1.165) is 69.8 Å². The van der Waals surface area contributed by atoms with Gasteiger partial charge >= 0.3 is 0 Å². The average molecular weight is 1590 g/mol. The second-order valence-corrected chi connectivity index (χ2v) is 31.7. The number of ketones is 3. The van der Waals surface area contributed by atoms with Gasteiger partial charge in [0.05, 0.1) is 90.8 Å². The van der Waals surface area contributed by atoms with Gasteiger partial charge in [0, 0.05) is 67.6 Å². The van der Waals surface area contributed by atoms with Crippen molar-refractivity contribution < 1.29 is 102 Å². The molecule has 4 saturated heterocycles. The number of aliphatic hydroxyl groups is 5. The van der Waals surface area contributed by atoms with Gasteiger partial charge in [-0.05, 0) is 120 Å². The number of ether oxygens (including phenoxy) is 11. The molecule has 0 saturated carbocycles. The molecule has 1 aromatic rings. The van der Waals surface area contributed by atoms with Crippen LogP contribution in [0.1, 0.15) is 148 Å². The zero-order valence-electron chi connectivity index (χ0n) is 60.2. The van der Waals surface area contributed by atoms with Gasteiger partial charge in [-0.2, -0.15) is 5.48 Å². The van der Waals surface area contributed by atoms with Gasteiger partial charge in [0.2, 0.25) is 17.2 Å². The van der Waals surface area contributed by atoms with Crippen LogP contribution in [-0.2, 0) is 57.1 Å². The number of hydrogen-bond donors (Lipinski definition) is 8. The van der Waals surface area contributed by atoms with Gasteiger partial charge in [0.1, 0.15) is 48.2 Å². The quantitative estimate of drug-likeness (QED) is 0.0118. The first kappa shape index (κ1) is 85.0. The highest BCUT2D eigenvalue weighted by Gasteiger charge is 2.52. The van der Waals surface area contributed by atoms with Crippen LogP contribution in [0.15, 0.2) is 34.9 Å². The van der Waals surface area contributed by atoms with Crippen LogP contribution in [0.3, 0.4) is 0 Å². The van der Waals surface area contributed by atoms with E-state index in [1.54, 1.807) is 51.7 Å². The van der Waals surface area contributed by atoms with Crippen LogP contribution in [0.25, 0.3) is 0 Å². The number of fused-ring (bicyclic) bond motifs is 2. The number of methoxy groups -OCH3 is 4. The lowest BCUT2D eigenvalue weighted by molar-refractivity contribution is -0.337. The molecule has 1 aromatic carbocycles. The predicted molar refractivity (Wildman–Crippen MR) is 393 cm³/mol. The highest BCUT2D eigenvalue weighted by Crippen LogP contribution is 2.49. The summed E-state index contributed by atoms with van der Waals surface area (Å²) < 4.78 is 69.0. The van der Waals surface area contributed by atoms with Gasteiger partial charge in [0.25, 0.3) is 0 Å². The van der Waals surface area contributed by atoms with Crippen LogP contribution in [0.5, 0.6) is 17.2 Å². The number of unbranched alkanes of at least 4 members (excludes halogenated alkanes) is 6. The van der Waals surface area contributed by atoms with Gasteiger partial charge in [0.15, 0.2) is 41.8 Å². The molecule has 19 atom stereocenters. The molecule has 0 spiro atoms. The number of nitrogens with one attached hydrogen (secondary N) is 2. The number of allylic oxidation sites excluding steroid dienone is 3. The lowest BCUT2D eigenvalue weighted by atomic mass is 9.72. The third-order valence-electron chi connectivity index (χ3n) is 18.7. The molecule has 29 heteroatoms. The summed E-state index contributed by atoms with van der Waals surface area (Å²) in [6.07, 6.45) is -4.32. The van der Waals surface area contributed by atoms with E-state index in [-0.39, 0.29) is 94.8 Å². The fourth-order valence-electron chi connectivity index (χ4n) is 13.3. The molecule has 101 heavy (non-hydrogen) atoms. The molecule has 0 aromatic heterocycles. The molecule has 0 radical (unpaired) electrons. The topological polar surface area (TPSA) is 334 Å². The Morgan fingerprint density at radius 2 is 1.53 bits per heavy atom. The monoisotopic (exact) mass is 1590 g/mol. The van der Waals surface area contributed by atoms with Gasteiger partial charge < -0.3 is 88.7 Å². The number of thioether (sulfide) groups is 1. The van der Waals surface area contributed by atoms with Crippen molar-refractivity contribution in [3.05, 3.63) is 49.6 Å². The smallest absolute Gasteiger partial charge is 0.229 e. The minimum Gasteiger partial charge on any atom is -0.492 e. The van der Waals surface area contributed by atoms with Crippen molar-refractivity contribution in [3.63, 3.8) is 0 Å². The maximum Gasteiger partial charge on any atom is 0.229 e. The Hall–Kier alpha value is -3.30. The van der Waals surface area contributed by atoms with Crippen LogP contribution < -0.4 is 30.7 Å². The second-order valence-electron chi connectivity index (χ2n) is 26.5. The predicted octanol–water partition coefficient (Wildman–Crippen LogP) is 6.33. The number of rotatable bonds is 38. The van der Waals surface area contributed by atoms with Crippen molar-refractivity contribution >= 4 is 78.4 Å². The number of nitrogens with two attached hydrogens (primary N) is 1. The van der Waals surface area contributed by atoms with E-state index in [1.165, 1.54) is 57.6 Å². The van der Waals surface area contributed by atoms with E-state index in [4.69, 9.17) is 62.7 Å². The molecule has 0 unspecified atom stereocenters. The van der Waals surface area contributed by atoms with Crippen molar-refractivity contribution in [1.29, 1.82) is 0 Å². The number of likely N-dealkylation sites (N-methyl/N-ethyl adjacent to an activating group) is 1. The summed E-state index contributed by atoms with van der Waals surface area (Å²) in [5.74, 6) is 11.6. The minimum absolute atomic E-state index is 0.0246. The third-order valence-corrected chi connectivity index (χ3v) is 24.1. The number of Topliss-reactive ketones (excluding diaryl/α,β-unsaturated/α-hetero) is 3. The molecule has 7 rings (SSSR count). The average Bonchev–Trinajstić information content (AvgIpc) is 0.760. The minimum atomic E-state index is -2.01. The Bertz CT molecular complexity index is 3130. The largest absolute Gasteiger partial charge is 0.492 e. The van der Waals surface area contributed by atoms with Crippen LogP contribution in [0, 0.1) is 34.2 Å². The molecule has 4 aliphatic heterocycles. The molecule has 2 bridgehead atoms. The number of hydroxylamine groups is 1. The molecular formula is C72H107IN4O21S3. The van der Waals surface area contributed by atoms with Gasteiger partial charge in [-0.1, -0.05) is 116 Å². The number of carbonyl (C=O) groups excluding carboxylic acids is 4. The molecule has 6 aliphatic rings. The normalized spacial score (nSPS) is 32.0. The molecule has 0 amide bonds. The summed E-state index contributed by atoms with van der Waals surface area (Å²) in [5.41, 5.74) is 7.59. The summed E-state index contributed by atoms with van der Waals surface area (Å²) in [5, 5.41) is 61.3. The fraction of sp³-hybridized carbons (Fsp3) is 0.722. The number of hydrogen-bond acceptors (Lipinski definition) is 28. The van der Waals surface area contributed by atoms with Crippen molar-refractivity contribution in [2.75, 3.05) is 73.5 Å². The zero-order valence-corrected chi connectivity index (χ0v) is 64.8. The van der Waals surface area contributed by atoms with Crippen molar-refractivity contribution in [1.82, 2.24) is 15.7 Å². The van der Waals surface area contributed by atoms with E-state index < -0.39 is 127 Å². The Kier molecular flexibility index (Phi) is 35.1. The number of carbonyl (C=O) groups is 4. The molecule has 9 N–H and O–H groups in total. The molecule has 566 valence electrons. The highest BCUT2D eigenvalue weighted by atomic mass is 127. The van der Waals surface area contributed by atoms with E-state index in [1.807, 2.05) is 29.5 Å². The van der Waals surface area contributed by atoms with Gasteiger partial charge in [-0.15, -0.1) is 0 Å². The number of benzene rings is 1. The molecular weight excluding hydrogens is 1480 g/mol.